The summed E-state index contributed by atoms with van der Waals surface area (Å²) in [6.45, 7) is 5.78. The zero-order valence-electron chi connectivity index (χ0n) is 44.7. The molecule has 0 aliphatic carbocycles. The summed E-state index contributed by atoms with van der Waals surface area (Å²) in [6.07, 6.45) is 45.1. The molecule has 0 radical (unpaired) electrons. The van der Waals surface area contributed by atoms with E-state index < -0.39 is 67.3 Å². The number of carboxylic acid groups (broad SMARTS) is 1. The molecule has 0 amide bonds. The molecule has 6 atom stereocenters. The van der Waals surface area contributed by atoms with Gasteiger partial charge in [-0.3, -0.25) is 14.4 Å². The Labute approximate surface area is 430 Å². The van der Waals surface area contributed by atoms with Crippen LogP contribution in [0.25, 0.3) is 0 Å². The quantitative estimate of drug-likeness (QED) is 0.0228. The number of aliphatic carboxylic acids is 1. The molecule has 1 saturated heterocycles. The van der Waals surface area contributed by atoms with Gasteiger partial charge in [0.1, 0.15) is 18.8 Å². The second-order valence-corrected chi connectivity index (χ2v) is 19.2. The molecule has 0 saturated carbocycles. The molecular weight excluding hydrogens is 901 g/mol. The summed E-state index contributed by atoms with van der Waals surface area (Å²) in [7, 11) is 0. The van der Waals surface area contributed by atoms with Crippen molar-refractivity contribution in [3.8, 4) is 0 Å². The number of hydrogen-bond donors (Lipinski definition) is 3. The summed E-state index contributed by atoms with van der Waals surface area (Å²) in [4.78, 5) is 50.9. The van der Waals surface area contributed by atoms with E-state index in [4.69, 9.17) is 23.7 Å². The second kappa shape index (κ2) is 47.4. The van der Waals surface area contributed by atoms with Gasteiger partial charge in [-0.2, -0.15) is 0 Å². The number of ether oxygens (including phenoxy) is 5. The summed E-state index contributed by atoms with van der Waals surface area (Å²) < 4.78 is 28.2. The van der Waals surface area contributed by atoms with Crippen LogP contribution in [0, 0.1) is 0 Å². The summed E-state index contributed by atoms with van der Waals surface area (Å²) >= 11 is 0. The van der Waals surface area contributed by atoms with E-state index in [-0.39, 0.29) is 25.9 Å². The fourth-order valence-electron chi connectivity index (χ4n) is 8.32. The smallest absolute Gasteiger partial charge is 0.335 e. The van der Waals surface area contributed by atoms with Crippen LogP contribution in [0.5, 0.6) is 0 Å². The van der Waals surface area contributed by atoms with Crippen LogP contribution in [0.3, 0.4) is 0 Å². The van der Waals surface area contributed by atoms with Crippen molar-refractivity contribution < 1.29 is 58.2 Å². The number of hydrogen-bond acceptors (Lipinski definition) is 11. The van der Waals surface area contributed by atoms with Crippen LogP contribution in [0.1, 0.15) is 239 Å². The van der Waals surface area contributed by atoms with E-state index >= 15 is 0 Å². The number of carbonyl (C=O) groups is 4. The molecule has 1 aliphatic heterocycles. The number of aliphatic hydroxyl groups excluding tert-OH is 2. The van der Waals surface area contributed by atoms with E-state index in [0.29, 0.717) is 19.3 Å². The van der Waals surface area contributed by atoms with Gasteiger partial charge in [-0.25, -0.2) is 4.79 Å². The van der Waals surface area contributed by atoms with Crippen molar-refractivity contribution in [3.63, 3.8) is 0 Å². The van der Waals surface area contributed by atoms with Crippen LogP contribution in [0.15, 0.2) is 60.8 Å². The third-order valence-corrected chi connectivity index (χ3v) is 12.6. The lowest BCUT2D eigenvalue weighted by molar-refractivity contribution is -0.301. The highest BCUT2D eigenvalue weighted by molar-refractivity contribution is 5.74. The fourth-order valence-corrected chi connectivity index (χ4v) is 8.32. The van der Waals surface area contributed by atoms with Crippen molar-refractivity contribution in [3.05, 3.63) is 60.8 Å². The van der Waals surface area contributed by atoms with Gasteiger partial charge in [0.25, 0.3) is 0 Å². The van der Waals surface area contributed by atoms with Crippen LogP contribution in [-0.4, -0.2) is 89.2 Å². The molecule has 6 unspecified atom stereocenters. The lowest BCUT2D eigenvalue weighted by Crippen LogP contribution is -2.61. The first kappa shape index (κ1) is 65.4. The van der Waals surface area contributed by atoms with Crippen LogP contribution in [-0.2, 0) is 42.9 Å². The topological polar surface area (TPSA) is 175 Å². The van der Waals surface area contributed by atoms with Gasteiger partial charge in [-0.15, -0.1) is 0 Å². The van der Waals surface area contributed by atoms with Crippen molar-refractivity contribution in [2.75, 3.05) is 13.2 Å². The van der Waals surface area contributed by atoms with Gasteiger partial charge in [-0.05, 0) is 44.9 Å². The minimum Gasteiger partial charge on any atom is -0.479 e. The molecule has 1 fully saturated rings. The third-order valence-electron chi connectivity index (χ3n) is 12.6. The largest absolute Gasteiger partial charge is 0.479 e. The van der Waals surface area contributed by atoms with Crippen molar-refractivity contribution in [2.24, 2.45) is 0 Å². The Balaban J connectivity index is 2.76. The lowest BCUT2D eigenvalue weighted by atomic mass is 9.98. The Morgan fingerprint density at radius 1 is 0.479 bits per heavy atom. The molecule has 0 aromatic carbocycles. The number of aliphatic hydroxyl groups is 2. The van der Waals surface area contributed by atoms with Gasteiger partial charge >= 0.3 is 23.9 Å². The Morgan fingerprint density at radius 2 is 0.873 bits per heavy atom. The van der Waals surface area contributed by atoms with Crippen LogP contribution in [0.2, 0.25) is 0 Å². The Kier molecular flexibility index (Phi) is 43.7. The standard InChI is InChI=1S/C59H100O12/c1-4-7-10-13-16-19-22-25-26-29-30-33-36-39-42-45-51(60)67-48-50(69-52(61)46-43-40-37-34-31-27-23-20-17-14-11-8-5-2)49-68-59-57(55(64)54(63)56(71-59)58(65)66)70-53(62)47-44-41-38-35-32-28-24-21-18-15-12-9-6-3/h7,10,16,19,25-26,30,33,39,42,50,54-57,59,63-64H,4-6,8-9,11-15,17-18,20-24,27-29,31-32,34-38,40-41,43-49H2,1-3H3,(H,65,66)/b10-7-,19-16-,26-25-,33-30-,42-39-. The molecule has 12 heteroatoms. The first-order chi connectivity index (χ1) is 34.6. The molecule has 3 N–H and O–H groups in total. The zero-order valence-corrected chi connectivity index (χ0v) is 44.7. The Morgan fingerprint density at radius 3 is 1.30 bits per heavy atom. The minimum absolute atomic E-state index is 0.0125. The monoisotopic (exact) mass is 1000 g/mol. The SMILES string of the molecule is CC/C=C\C/C=C\C/C=C\C/C=C\C/C=C\CC(=O)OCC(COC1OC(C(=O)O)C(O)C(O)C1OC(=O)CCCCCCCCCCCCCCC)OC(=O)CCCCCCCCCCCCCCC. The van der Waals surface area contributed by atoms with Gasteiger partial charge in [0.05, 0.1) is 13.0 Å². The van der Waals surface area contributed by atoms with E-state index in [1.807, 2.05) is 12.2 Å². The first-order valence-electron chi connectivity index (χ1n) is 28.3. The zero-order chi connectivity index (χ0) is 51.8. The molecule has 408 valence electrons. The maximum absolute atomic E-state index is 13.1. The summed E-state index contributed by atoms with van der Waals surface area (Å²) in [5.74, 6) is -3.27. The van der Waals surface area contributed by atoms with Gasteiger partial charge < -0.3 is 39.0 Å². The van der Waals surface area contributed by atoms with E-state index in [0.717, 1.165) is 70.6 Å². The number of carbonyl (C=O) groups excluding carboxylic acids is 3. The average Bonchev–Trinajstić information content (AvgIpc) is 3.35. The molecule has 0 aromatic heterocycles. The van der Waals surface area contributed by atoms with E-state index in [2.05, 4.69) is 63.3 Å². The molecule has 1 aliphatic rings. The fraction of sp³-hybridized carbons (Fsp3) is 0.763. The number of rotatable bonds is 47. The summed E-state index contributed by atoms with van der Waals surface area (Å²) in [5.41, 5.74) is 0. The van der Waals surface area contributed by atoms with Gasteiger partial charge in [0, 0.05) is 12.8 Å². The molecule has 12 nitrogen and oxygen atoms in total. The van der Waals surface area contributed by atoms with Crippen LogP contribution >= 0.6 is 0 Å². The van der Waals surface area contributed by atoms with Crippen molar-refractivity contribution in [1.82, 2.24) is 0 Å². The number of esters is 3. The summed E-state index contributed by atoms with van der Waals surface area (Å²) in [6, 6.07) is 0. The molecule has 71 heavy (non-hydrogen) atoms. The van der Waals surface area contributed by atoms with Crippen molar-refractivity contribution in [2.45, 2.75) is 276 Å². The highest BCUT2D eigenvalue weighted by atomic mass is 16.7. The van der Waals surface area contributed by atoms with Crippen molar-refractivity contribution >= 4 is 23.9 Å². The van der Waals surface area contributed by atoms with E-state index in [9.17, 15) is 34.5 Å². The average molecular weight is 1000 g/mol. The minimum atomic E-state index is -1.91. The Bertz CT molecular complexity index is 1470. The molecular formula is C59H100O12. The molecule has 0 bridgehead atoms. The van der Waals surface area contributed by atoms with Gasteiger partial charge in [0.2, 0.25) is 0 Å². The predicted molar refractivity (Wildman–Crippen MR) is 285 cm³/mol. The molecule has 0 spiro atoms. The van der Waals surface area contributed by atoms with E-state index in [1.54, 1.807) is 6.08 Å². The second-order valence-electron chi connectivity index (χ2n) is 19.2. The molecule has 1 heterocycles. The van der Waals surface area contributed by atoms with Crippen molar-refractivity contribution in [1.29, 1.82) is 0 Å². The molecule has 0 aromatic rings. The number of carboxylic acids is 1. The Hall–Kier alpha value is -3.58. The third kappa shape index (κ3) is 37.8. The van der Waals surface area contributed by atoms with Crippen LogP contribution in [0.4, 0.5) is 0 Å². The first-order valence-corrected chi connectivity index (χ1v) is 28.3. The predicted octanol–water partition coefficient (Wildman–Crippen LogP) is 14.0. The highest BCUT2D eigenvalue weighted by Gasteiger charge is 2.50. The maximum atomic E-state index is 13.1. The van der Waals surface area contributed by atoms with Crippen LogP contribution < -0.4 is 0 Å². The van der Waals surface area contributed by atoms with Gasteiger partial charge in [-0.1, -0.05) is 236 Å². The molecule has 1 rings (SSSR count). The highest BCUT2D eigenvalue weighted by Crippen LogP contribution is 2.26. The summed E-state index contributed by atoms with van der Waals surface area (Å²) in [5, 5.41) is 31.4. The normalized spacial score (nSPS) is 18.9. The van der Waals surface area contributed by atoms with E-state index in [1.165, 1.54) is 109 Å². The number of unbranched alkanes of at least 4 members (excludes halogenated alkanes) is 24. The van der Waals surface area contributed by atoms with Gasteiger partial charge in [0.15, 0.2) is 24.6 Å². The lowest BCUT2D eigenvalue weighted by Gasteiger charge is -2.40. The maximum Gasteiger partial charge on any atom is 0.335 e. The number of allylic oxidation sites excluding steroid dienone is 9.